The van der Waals surface area contributed by atoms with Crippen molar-refractivity contribution < 1.29 is 4.79 Å². The summed E-state index contributed by atoms with van der Waals surface area (Å²) in [5, 5.41) is 0. The Morgan fingerprint density at radius 1 is 1.50 bits per heavy atom. The van der Waals surface area contributed by atoms with Crippen LogP contribution in [0.15, 0.2) is 23.1 Å². The molecule has 3 heteroatoms. The van der Waals surface area contributed by atoms with Crippen molar-refractivity contribution in [1.82, 2.24) is 0 Å². The van der Waals surface area contributed by atoms with Gasteiger partial charge in [-0.05, 0) is 19.1 Å². The lowest BCUT2D eigenvalue weighted by atomic mass is 10.1. The van der Waals surface area contributed by atoms with Gasteiger partial charge in [0.05, 0.1) is 0 Å². The largest absolute Gasteiger partial charge is 0.292 e. The van der Waals surface area contributed by atoms with Gasteiger partial charge in [0.2, 0.25) is 0 Å². The molecule has 1 aromatic carbocycles. The van der Waals surface area contributed by atoms with Crippen LogP contribution in [0, 0.1) is 6.92 Å². The van der Waals surface area contributed by atoms with E-state index in [2.05, 4.69) is 15.9 Å². The summed E-state index contributed by atoms with van der Waals surface area (Å²) in [6.07, 6.45) is 0. The van der Waals surface area contributed by atoms with E-state index >= 15 is 0 Å². The Hall–Kier alpha value is -0.280. The molecule has 1 nitrogen and oxygen atoms in total. The van der Waals surface area contributed by atoms with Crippen molar-refractivity contribution in [2.24, 2.45) is 0 Å². The van der Waals surface area contributed by atoms with Crippen molar-refractivity contribution in [1.29, 1.82) is 0 Å². The highest BCUT2D eigenvalue weighted by Gasteiger charge is 2.28. The van der Waals surface area contributed by atoms with Crippen LogP contribution in [0.5, 0.6) is 0 Å². The normalized spacial score (nSPS) is 21.2. The zero-order valence-corrected chi connectivity index (χ0v) is 8.91. The maximum absolute atomic E-state index is 11.5. The summed E-state index contributed by atoms with van der Waals surface area (Å²) in [7, 11) is 0. The maximum Gasteiger partial charge on any atom is 0.187 e. The van der Waals surface area contributed by atoms with E-state index in [0.717, 1.165) is 16.0 Å². The molecule has 0 fully saturated rings. The molecule has 1 atom stereocenters. The monoisotopic (exact) mass is 242 g/mol. The molecule has 62 valence electrons. The van der Waals surface area contributed by atoms with Gasteiger partial charge in [-0.3, -0.25) is 4.79 Å². The zero-order chi connectivity index (χ0) is 8.72. The Kier molecular flexibility index (Phi) is 2.00. The quantitative estimate of drug-likeness (QED) is 0.651. The fraction of sp³-hybridized carbons (Fsp3) is 0.222. The Morgan fingerprint density at radius 3 is 3.00 bits per heavy atom. The molecule has 1 aliphatic heterocycles. The van der Waals surface area contributed by atoms with Crippen LogP contribution < -0.4 is 0 Å². The van der Waals surface area contributed by atoms with Crippen molar-refractivity contribution >= 4 is 33.5 Å². The van der Waals surface area contributed by atoms with E-state index in [1.165, 1.54) is 0 Å². The molecule has 12 heavy (non-hydrogen) atoms. The number of hydrogen-bond acceptors (Lipinski definition) is 2. The molecule has 0 N–H and O–H groups in total. The second kappa shape index (κ2) is 2.89. The summed E-state index contributed by atoms with van der Waals surface area (Å²) in [5.74, 6) is 0.193. The first-order valence-electron chi connectivity index (χ1n) is 3.64. The van der Waals surface area contributed by atoms with Crippen molar-refractivity contribution in [3.05, 3.63) is 29.3 Å². The number of carbonyl (C=O) groups excluding carboxylic acids is 1. The second-order valence-electron chi connectivity index (χ2n) is 2.80. The fourth-order valence-electron chi connectivity index (χ4n) is 1.23. The lowest BCUT2D eigenvalue weighted by Crippen LogP contribution is -2.02. The molecule has 0 spiro atoms. The van der Waals surface area contributed by atoms with Gasteiger partial charge in [0.1, 0.15) is 4.16 Å². The number of carbonyl (C=O) groups is 1. The van der Waals surface area contributed by atoms with Gasteiger partial charge in [0, 0.05) is 10.5 Å². The SMILES string of the molecule is Cc1ccc2c(c1)C(=O)C(Br)S2. The summed E-state index contributed by atoms with van der Waals surface area (Å²) < 4.78 is -0.0747. The first-order chi connectivity index (χ1) is 5.68. The number of thioether (sulfide) groups is 1. The molecule has 0 radical (unpaired) electrons. The Morgan fingerprint density at radius 2 is 2.25 bits per heavy atom. The van der Waals surface area contributed by atoms with Crippen LogP contribution in [0.4, 0.5) is 0 Å². The van der Waals surface area contributed by atoms with Gasteiger partial charge >= 0.3 is 0 Å². The third-order valence-electron chi connectivity index (χ3n) is 1.84. The van der Waals surface area contributed by atoms with Gasteiger partial charge in [-0.1, -0.05) is 27.6 Å². The zero-order valence-electron chi connectivity index (χ0n) is 6.50. The van der Waals surface area contributed by atoms with E-state index in [4.69, 9.17) is 0 Å². The van der Waals surface area contributed by atoms with Gasteiger partial charge < -0.3 is 0 Å². The number of ketones is 1. The standard InChI is InChI=1S/C9H7BrOS/c1-5-2-3-7-6(4-5)8(11)9(10)12-7/h2-4,9H,1H3. The molecular formula is C9H7BrOS. The third kappa shape index (κ3) is 1.21. The Bertz CT molecular complexity index is 348. The molecule has 1 aliphatic rings. The number of benzene rings is 1. The van der Waals surface area contributed by atoms with Crippen molar-refractivity contribution in [2.75, 3.05) is 0 Å². The molecular weight excluding hydrogens is 236 g/mol. The van der Waals surface area contributed by atoms with E-state index in [1.807, 2.05) is 25.1 Å². The second-order valence-corrected chi connectivity index (χ2v) is 5.47. The predicted molar refractivity (Wildman–Crippen MR) is 54.1 cm³/mol. The first-order valence-corrected chi connectivity index (χ1v) is 5.43. The Balaban J connectivity index is 2.56. The molecule has 2 rings (SSSR count). The molecule has 1 heterocycles. The minimum atomic E-state index is -0.0747. The van der Waals surface area contributed by atoms with E-state index in [1.54, 1.807) is 11.8 Å². The highest BCUT2D eigenvalue weighted by atomic mass is 79.9. The summed E-state index contributed by atoms with van der Waals surface area (Å²) in [5.41, 5.74) is 2.01. The number of fused-ring (bicyclic) bond motifs is 1. The smallest absolute Gasteiger partial charge is 0.187 e. The van der Waals surface area contributed by atoms with E-state index < -0.39 is 0 Å². The van der Waals surface area contributed by atoms with Crippen LogP contribution in [-0.4, -0.2) is 9.94 Å². The van der Waals surface area contributed by atoms with Gasteiger partial charge in [0.25, 0.3) is 0 Å². The molecule has 1 aromatic rings. The molecule has 0 amide bonds. The van der Waals surface area contributed by atoms with Crippen LogP contribution in [0.2, 0.25) is 0 Å². The summed E-state index contributed by atoms with van der Waals surface area (Å²) >= 11 is 4.90. The average molecular weight is 243 g/mol. The highest BCUT2D eigenvalue weighted by molar-refractivity contribution is 9.11. The average Bonchev–Trinajstić information content (AvgIpc) is 2.31. The third-order valence-corrected chi connectivity index (χ3v) is 3.84. The maximum atomic E-state index is 11.5. The molecule has 0 bridgehead atoms. The highest BCUT2D eigenvalue weighted by Crippen LogP contribution is 2.39. The molecule has 0 aliphatic carbocycles. The van der Waals surface area contributed by atoms with Gasteiger partial charge in [-0.15, -0.1) is 11.8 Å². The van der Waals surface area contributed by atoms with Crippen LogP contribution in [-0.2, 0) is 0 Å². The van der Waals surface area contributed by atoms with Gasteiger partial charge in [-0.2, -0.15) is 0 Å². The number of rotatable bonds is 0. The van der Waals surface area contributed by atoms with Crippen LogP contribution in [0.1, 0.15) is 15.9 Å². The lowest BCUT2D eigenvalue weighted by Gasteiger charge is -1.96. The van der Waals surface area contributed by atoms with Gasteiger partial charge in [-0.25, -0.2) is 0 Å². The summed E-state index contributed by atoms with van der Waals surface area (Å²) in [6, 6.07) is 5.99. The Labute approximate surface area is 83.7 Å². The van der Waals surface area contributed by atoms with Crippen LogP contribution in [0.3, 0.4) is 0 Å². The van der Waals surface area contributed by atoms with E-state index in [9.17, 15) is 4.79 Å². The molecule has 0 aromatic heterocycles. The van der Waals surface area contributed by atoms with Crippen molar-refractivity contribution in [2.45, 2.75) is 16.0 Å². The van der Waals surface area contributed by atoms with E-state index in [0.29, 0.717) is 0 Å². The predicted octanol–water partition coefficient (Wildman–Crippen LogP) is 3.00. The number of aryl methyl sites for hydroxylation is 1. The number of alkyl halides is 1. The number of hydrogen-bond donors (Lipinski definition) is 0. The topological polar surface area (TPSA) is 17.1 Å². The van der Waals surface area contributed by atoms with Gasteiger partial charge in [0.15, 0.2) is 5.78 Å². The van der Waals surface area contributed by atoms with Crippen LogP contribution >= 0.6 is 27.7 Å². The minimum Gasteiger partial charge on any atom is -0.292 e. The van der Waals surface area contributed by atoms with Crippen molar-refractivity contribution in [3.8, 4) is 0 Å². The minimum absolute atomic E-state index is 0.0747. The number of halogens is 1. The number of Topliss-reactive ketones (excluding diaryl/α,β-unsaturated/α-hetero) is 1. The van der Waals surface area contributed by atoms with Crippen LogP contribution in [0.25, 0.3) is 0 Å². The lowest BCUT2D eigenvalue weighted by molar-refractivity contribution is 0.101. The molecule has 0 saturated heterocycles. The van der Waals surface area contributed by atoms with Crippen molar-refractivity contribution in [3.63, 3.8) is 0 Å². The molecule has 1 unspecified atom stereocenters. The molecule has 0 saturated carbocycles. The fourth-order valence-corrected chi connectivity index (χ4v) is 2.97. The first kappa shape index (κ1) is 8.32. The van der Waals surface area contributed by atoms with E-state index in [-0.39, 0.29) is 9.94 Å². The summed E-state index contributed by atoms with van der Waals surface area (Å²) in [6.45, 7) is 2.00. The summed E-state index contributed by atoms with van der Waals surface area (Å²) in [4.78, 5) is 12.6.